The van der Waals surface area contributed by atoms with Gasteiger partial charge in [0.1, 0.15) is 5.75 Å². The van der Waals surface area contributed by atoms with Crippen LogP contribution in [-0.2, 0) is 14.6 Å². The number of thioether (sulfide) groups is 1. The number of amides is 1. The number of aliphatic imine (C=N–C) groups is 1. The van der Waals surface area contributed by atoms with E-state index in [2.05, 4.69) is 10.3 Å². The van der Waals surface area contributed by atoms with Crippen molar-refractivity contribution in [2.45, 2.75) is 19.0 Å². The maximum absolute atomic E-state index is 12.6. The Labute approximate surface area is 190 Å². The number of ether oxygens (including phenoxy) is 1. The molecule has 0 aliphatic carbocycles. The molecule has 2 unspecified atom stereocenters. The number of rotatable bonds is 5. The van der Waals surface area contributed by atoms with E-state index in [0.29, 0.717) is 21.6 Å². The second-order valence-corrected chi connectivity index (χ2v) is 10.9. The van der Waals surface area contributed by atoms with Gasteiger partial charge in [-0.3, -0.25) is 9.79 Å². The average molecular weight is 480 g/mol. The first-order valence-electron chi connectivity index (χ1n) is 9.67. The molecular formula is C21H22ClN3O4S2. The maximum Gasteiger partial charge on any atom is 0.234 e. The third-order valence-corrected chi connectivity index (χ3v) is 8.40. The van der Waals surface area contributed by atoms with Crippen molar-refractivity contribution in [3.05, 3.63) is 53.1 Å². The summed E-state index contributed by atoms with van der Waals surface area (Å²) in [7, 11) is -1.59. The number of hydrogen-bond donors (Lipinski definition) is 1. The van der Waals surface area contributed by atoms with E-state index in [1.54, 1.807) is 25.3 Å². The van der Waals surface area contributed by atoms with Gasteiger partial charge in [-0.15, -0.1) is 0 Å². The number of methoxy groups -OCH3 is 1. The van der Waals surface area contributed by atoms with Crippen molar-refractivity contribution in [3.63, 3.8) is 0 Å². The lowest BCUT2D eigenvalue weighted by Crippen LogP contribution is -2.39. The van der Waals surface area contributed by atoms with Crippen molar-refractivity contribution in [2.75, 3.05) is 34.6 Å². The van der Waals surface area contributed by atoms with Crippen molar-refractivity contribution in [1.29, 1.82) is 0 Å². The minimum atomic E-state index is -3.16. The van der Waals surface area contributed by atoms with E-state index in [-0.39, 0.29) is 35.2 Å². The molecule has 0 saturated carbocycles. The maximum atomic E-state index is 12.6. The highest BCUT2D eigenvalue weighted by atomic mass is 35.5. The van der Waals surface area contributed by atoms with E-state index < -0.39 is 9.84 Å². The molecule has 2 aromatic rings. The Morgan fingerprint density at radius 3 is 2.81 bits per heavy atom. The van der Waals surface area contributed by atoms with Crippen LogP contribution in [0.2, 0.25) is 5.02 Å². The Morgan fingerprint density at radius 1 is 1.26 bits per heavy atom. The lowest BCUT2D eigenvalue weighted by molar-refractivity contribution is -0.113. The van der Waals surface area contributed by atoms with E-state index in [1.807, 2.05) is 36.1 Å². The molecule has 0 bridgehead atoms. The second-order valence-electron chi connectivity index (χ2n) is 7.41. The van der Waals surface area contributed by atoms with Gasteiger partial charge in [0, 0.05) is 10.7 Å². The monoisotopic (exact) mass is 479 g/mol. The molecule has 4 rings (SSSR count). The number of halogens is 1. The van der Waals surface area contributed by atoms with Crippen LogP contribution in [0.25, 0.3) is 0 Å². The van der Waals surface area contributed by atoms with Crippen LogP contribution in [0.1, 0.15) is 5.56 Å². The summed E-state index contributed by atoms with van der Waals surface area (Å²) in [5, 5.41) is 4.08. The summed E-state index contributed by atoms with van der Waals surface area (Å²) in [6.45, 7) is 1.84. The summed E-state index contributed by atoms with van der Waals surface area (Å²) >= 11 is 7.41. The molecule has 0 radical (unpaired) electrons. The number of anilines is 2. The summed E-state index contributed by atoms with van der Waals surface area (Å²) in [6.07, 6.45) is 0. The lowest BCUT2D eigenvalue weighted by atomic mass is 10.1. The number of nitrogens with zero attached hydrogens (tertiary/aromatic N) is 2. The van der Waals surface area contributed by atoms with Crippen LogP contribution in [0, 0.1) is 6.92 Å². The number of fused-ring (bicyclic) bond motifs is 1. The Kier molecular flexibility index (Phi) is 6.18. The largest absolute Gasteiger partial charge is 0.495 e. The molecule has 2 aliphatic heterocycles. The van der Waals surface area contributed by atoms with Crippen molar-refractivity contribution in [2.24, 2.45) is 4.99 Å². The van der Waals surface area contributed by atoms with Crippen LogP contribution in [0.15, 0.2) is 47.5 Å². The fourth-order valence-corrected chi connectivity index (χ4v) is 6.74. The Morgan fingerprint density at radius 2 is 2.03 bits per heavy atom. The Balaban J connectivity index is 1.54. The lowest BCUT2D eigenvalue weighted by Gasteiger charge is -2.27. The Hall–Kier alpha value is -2.23. The second kappa shape index (κ2) is 8.72. The number of hydrogen-bond acceptors (Lipinski definition) is 7. The zero-order valence-electron chi connectivity index (χ0n) is 17.0. The molecule has 2 aliphatic rings. The molecule has 2 atom stereocenters. The van der Waals surface area contributed by atoms with E-state index in [4.69, 9.17) is 16.3 Å². The minimum Gasteiger partial charge on any atom is -0.495 e. The van der Waals surface area contributed by atoms with E-state index in [0.717, 1.165) is 11.3 Å². The van der Waals surface area contributed by atoms with Crippen LogP contribution >= 0.6 is 23.4 Å². The van der Waals surface area contributed by atoms with Crippen LogP contribution in [0.5, 0.6) is 5.75 Å². The number of sulfone groups is 1. The molecule has 7 nitrogen and oxygen atoms in total. The van der Waals surface area contributed by atoms with Gasteiger partial charge in [0.15, 0.2) is 15.0 Å². The first-order valence-corrected chi connectivity index (χ1v) is 12.9. The number of nitrogens with one attached hydrogen (secondary N) is 1. The third kappa shape index (κ3) is 4.53. The predicted octanol–water partition coefficient (Wildman–Crippen LogP) is 3.37. The first kappa shape index (κ1) is 22.0. The van der Waals surface area contributed by atoms with Gasteiger partial charge in [-0.25, -0.2) is 8.42 Å². The summed E-state index contributed by atoms with van der Waals surface area (Å²) < 4.78 is 29.9. The van der Waals surface area contributed by atoms with Gasteiger partial charge in [0.2, 0.25) is 5.91 Å². The molecule has 1 N–H and O–H groups in total. The smallest absolute Gasteiger partial charge is 0.234 e. The molecule has 1 fully saturated rings. The molecule has 2 aromatic carbocycles. The Bertz CT molecular complexity index is 1150. The zero-order valence-corrected chi connectivity index (χ0v) is 19.4. The van der Waals surface area contributed by atoms with Crippen molar-refractivity contribution in [3.8, 4) is 5.75 Å². The van der Waals surface area contributed by atoms with Crippen LogP contribution in [0.3, 0.4) is 0 Å². The first-order chi connectivity index (χ1) is 14.8. The number of amidine groups is 1. The number of carbonyl (C=O) groups excluding carboxylic acids is 1. The van der Waals surface area contributed by atoms with Gasteiger partial charge >= 0.3 is 0 Å². The highest BCUT2D eigenvalue weighted by molar-refractivity contribution is 8.14. The van der Waals surface area contributed by atoms with Gasteiger partial charge in [-0.05, 0) is 36.8 Å². The fourth-order valence-electron chi connectivity index (χ4n) is 3.80. The van der Waals surface area contributed by atoms with Crippen molar-refractivity contribution >= 4 is 55.6 Å². The number of benzene rings is 2. The standard InChI is InChI=1S/C21H22ClN3O4S2/c1-13-14(22)6-5-7-15(13)23-20(26)10-30-21-24-16-11-31(27,28)12-18(16)25(21)17-8-3-4-9-19(17)29-2/h3-9,16,18H,10-12H2,1-2H3,(H,23,26). The van der Waals surface area contributed by atoms with Crippen LogP contribution in [0.4, 0.5) is 11.4 Å². The predicted molar refractivity (Wildman–Crippen MR) is 126 cm³/mol. The summed E-state index contributed by atoms with van der Waals surface area (Å²) in [4.78, 5) is 19.1. The molecule has 1 amide bonds. The van der Waals surface area contributed by atoms with Gasteiger partial charge in [-0.1, -0.05) is 41.6 Å². The minimum absolute atomic E-state index is 0.0152. The molecular weight excluding hydrogens is 458 g/mol. The van der Waals surface area contributed by atoms with E-state index in [9.17, 15) is 13.2 Å². The fraction of sp³-hybridized carbons (Fsp3) is 0.333. The van der Waals surface area contributed by atoms with Gasteiger partial charge < -0.3 is 15.0 Å². The molecule has 0 spiro atoms. The number of carbonyl (C=O) groups is 1. The molecule has 0 aromatic heterocycles. The zero-order chi connectivity index (χ0) is 22.2. The van der Waals surface area contributed by atoms with E-state index >= 15 is 0 Å². The SMILES string of the molecule is COc1ccccc1N1C(SCC(=O)Nc2cccc(Cl)c2C)=NC2CS(=O)(=O)CC21. The number of para-hydroxylation sites is 2. The quantitative estimate of drug-likeness (QED) is 0.707. The topological polar surface area (TPSA) is 88.1 Å². The molecule has 1 saturated heterocycles. The van der Waals surface area contributed by atoms with E-state index in [1.165, 1.54) is 11.8 Å². The normalized spacial score (nSPS) is 21.5. The van der Waals surface area contributed by atoms with Crippen molar-refractivity contribution in [1.82, 2.24) is 0 Å². The highest BCUT2D eigenvalue weighted by Crippen LogP contribution is 2.39. The summed E-state index contributed by atoms with van der Waals surface area (Å²) in [6, 6.07) is 12.1. The van der Waals surface area contributed by atoms with Crippen LogP contribution in [-0.4, -0.2) is 55.9 Å². The molecule has 10 heteroatoms. The average Bonchev–Trinajstić information content (AvgIpc) is 3.20. The van der Waals surface area contributed by atoms with Crippen molar-refractivity contribution < 1.29 is 17.9 Å². The van der Waals surface area contributed by atoms with Gasteiger partial charge in [0.25, 0.3) is 0 Å². The summed E-state index contributed by atoms with van der Waals surface area (Å²) in [5.41, 5.74) is 2.21. The van der Waals surface area contributed by atoms with Gasteiger partial charge in [-0.2, -0.15) is 0 Å². The highest BCUT2D eigenvalue weighted by Gasteiger charge is 2.47. The molecule has 164 valence electrons. The van der Waals surface area contributed by atoms with Gasteiger partial charge in [0.05, 0.1) is 42.1 Å². The third-order valence-electron chi connectivity index (χ3n) is 5.33. The molecule has 31 heavy (non-hydrogen) atoms. The van der Waals surface area contributed by atoms with Crippen LogP contribution < -0.4 is 15.0 Å². The summed E-state index contributed by atoms with van der Waals surface area (Å²) in [5.74, 6) is 0.601. The molecule has 2 heterocycles.